The summed E-state index contributed by atoms with van der Waals surface area (Å²) in [7, 11) is 1.66. The van der Waals surface area contributed by atoms with Gasteiger partial charge in [-0.3, -0.25) is 20.3 Å². The minimum atomic E-state index is -0.467. The van der Waals surface area contributed by atoms with E-state index in [0.717, 1.165) is 0 Å². The molecule has 0 radical (unpaired) electrons. The lowest BCUT2D eigenvalue weighted by Gasteiger charge is -2.24. The fraction of sp³-hybridized carbons (Fsp3) is 0.222. The first-order valence-corrected chi connectivity index (χ1v) is 4.38. The highest BCUT2D eigenvalue weighted by molar-refractivity contribution is 5.97. The van der Waals surface area contributed by atoms with Gasteiger partial charge in [0, 0.05) is 13.1 Å². The second-order valence-corrected chi connectivity index (χ2v) is 3.36. The van der Waals surface area contributed by atoms with Gasteiger partial charge in [-0.25, -0.2) is 5.01 Å². The molecule has 1 heterocycles. The van der Waals surface area contributed by atoms with Crippen molar-refractivity contribution in [1.29, 1.82) is 0 Å². The molecule has 0 aliphatic carbocycles. The average Bonchev–Trinajstić information content (AvgIpc) is 2.16. The van der Waals surface area contributed by atoms with Crippen LogP contribution < -0.4 is 5.43 Å². The second-order valence-electron chi connectivity index (χ2n) is 3.36. The first-order chi connectivity index (χ1) is 7.09. The molecular weight excluding hydrogens is 198 g/mol. The summed E-state index contributed by atoms with van der Waals surface area (Å²) in [5, 5.41) is 12.3. The molecule has 15 heavy (non-hydrogen) atoms. The number of hydrogen-bond donors (Lipinski definition) is 1. The summed E-state index contributed by atoms with van der Waals surface area (Å²) in [6, 6.07) is 4.51. The molecular formula is C9H9N3O3. The van der Waals surface area contributed by atoms with Crippen molar-refractivity contribution in [3.63, 3.8) is 0 Å². The lowest BCUT2D eigenvalue weighted by atomic mass is 10.0. The van der Waals surface area contributed by atoms with Crippen LogP contribution >= 0.6 is 0 Å². The van der Waals surface area contributed by atoms with Crippen molar-refractivity contribution in [1.82, 2.24) is 10.4 Å². The Balaban J connectivity index is 2.59. The Bertz CT molecular complexity index is 430. The summed E-state index contributed by atoms with van der Waals surface area (Å²) in [6.07, 6.45) is 0. The molecule has 1 aliphatic rings. The number of nitro benzene ring substituents is 1. The zero-order valence-corrected chi connectivity index (χ0v) is 8.06. The molecule has 1 aromatic rings. The molecule has 6 heteroatoms. The molecule has 2 rings (SSSR count). The topological polar surface area (TPSA) is 75.5 Å². The molecule has 1 N–H and O–H groups in total. The van der Waals surface area contributed by atoms with Crippen molar-refractivity contribution >= 4 is 11.6 Å². The Morgan fingerprint density at radius 1 is 1.53 bits per heavy atom. The van der Waals surface area contributed by atoms with Crippen LogP contribution in [0.2, 0.25) is 0 Å². The summed E-state index contributed by atoms with van der Waals surface area (Å²) < 4.78 is 0. The van der Waals surface area contributed by atoms with Crippen LogP contribution in [0.3, 0.4) is 0 Å². The number of rotatable bonds is 1. The Hall–Kier alpha value is -1.95. The number of hydrogen-bond acceptors (Lipinski definition) is 4. The zero-order valence-electron chi connectivity index (χ0n) is 8.06. The van der Waals surface area contributed by atoms with Gasteiger partial charge in [-0.1, -0.05) is 6.07 Å². The third kappa shape index (κ3) is 1.55. The molecule has 0 atom stereocenters. The van der Waals surface area contributed by atoms with Gasteiger partial charge in [0.15, 0.2) is 0 Å². The highest BCUT2D eigenvalue weighted by Gasteiger charge is 2.26. The molecule has 0 saturated carbocycles. The van der Waals surface area contributed by atoms with Crippen molar-refractivity contribution in [3.8, 4) is 0 Å². The second kappa shape index (κ2) is 3.32. The van der Waals surface area contributed by atoms with Crippen molar-refractivity contribution in [2.45, 2.75) is 6.54 Å². The number of nitro groups is 1. The van der Waals surface area contributed by atoms with Crippen molar-refractivity contribution in [2.75, 3.05) is 7.05 Å². The predicted octanol–water partition coefficient (Wildman–Crippen LogP) is 0.685. The van der Waals surface area contributed by atoms with Crippen LogP contribution in [-0.2, 0) is 6.54 Å². The van der Waals surface area contributed by atoms with E-state index in [2.05, 4.69) is 5.43 Å². The standard InChI is InChI=1S/C9H9N3O3/c1-11-5-7-6(9(13)10-11)3-2-4-8(7)12(14)15/h2-4H,5H2,1H3,(H,10,13). The number of nitrogens with zero attached hydrogens (tertiary/aromatic N) is 2. The molecule has 0 unspecified atom stereocenters. The Morgan fingerprint density at radius 2 is 2.27 bits per heavy atom. The lowest BCUT2D eigenvalue weighted by molar-refractivity contribution is -0.385. The number of carbonyl (C=O) groups is 1. The summed E-state index contributed by atoms with van der Waals surface area (Å²) in [5.41, 5.74) is 3.41. The van der Waals surface area contributed by atoms with E-state index in [9.17, 15) is 14.9 Å². The highest BCUT2D eigenvalue weighted by Crippen LogP contribution is 2.25. The first kappa shape index (κ1) is 9.60. The first-order valence-electron chi connectivity index (χ1n) is 4.38. The minimum absolute atomic E-state index is 0.00537. The van der Waals surface area contributed by atoms with Gasteiger partial charge in [0.1, 0.15) is 0 Å². The van der Waals surface area contributed by atoms with Crippen molar-refractivity contribution in [3.05, 3.63) is 39.4 Å². The fourth-order valence-corrected chi connectivity index (χ4v) is 1.63. The maximum absolute atomic E-state index is 11.5. The Labute approximate surface area is 85.6 Å². The van der Waals surface area contributed by atoms with E-state index in [1.807, 2.05) is 0 Å². The van der Waals surface area contributed by atoms with E-state index in [0.29, 0.717) is 17.7 Å². The average molecular weight is 207 g/mol. The quantitative estimate of drug-likeness (QED) is 0.542. The Morgan fingerprint density at radius 3 is 2.93 bits per heavy atom. The van der Waals surface area contributed by atoms with Gasteiger partial charge in [-0.05, 0) is 6.07 Å². The number of hydrazine groups is 1. The van der Waals surface area contributed by atoms with E-state index in [-0.39, 0.29) is 11.6 Å². The van der Waals surface area contributed by atoms with Crippen molar-refractivity contribution < 1.29 is 9.72 Å². The number of carbonyl (C=O) groups excluding carboxylic acids is 1. The molecule has 0 fully saturated rings. The molecule has 0 saturated heterocycles. The zero-order chi connectivity index (χ0) is 11.0. The fourth-order valence-electron chi connectivity index (χ4n) is 1.63. The van der Waals surface area contributed by atoms with Gasteiger partial charge < -0.3 is 0 Å². The SMILES string of the molecule is CN1Cc2c(cccc2[N+](=O)[O-])C(=O)N1. The van der Waals surface area contributed by atoms with Gasteiger partial charge in [0.2, 0.25) is 0 Å². The molecule has 1 aliphatic heterocycles. The molecule has 6 nitrogen and oxygen atoms in total. The predicted molar refractivity (Wildman–Crippen MR) is 52.0 cm³/mol. The Kier molecular flexibility index (Phi) is 2.12. The van der Waals surface area contributed by atoms with Crippen LogP contribution in [0.25, 0.3) is 0 Å². The largest absolute Gasteiger partial charge is 0.285 e. The lowest BCUT2D eigenvalue weighted by Crippen LogP contribution is -2.43. The summed E-state index contributed by atoms with van der Waals surface area (Å²) in [5.74, 6) is -0.303. The van der Waals surface area contributed by atoms with Crippen LogP contribution in [0.15, 0.2) is 18.2 Å². The van der Waals surface area contributed by atoms with Crippen LogP contribution in [0.4, 0.5) is 5.69 Å². The third-order valence-electron chi connectivity index (χ3n) is 2.28. The van der Waals surface area contributed by atoms with Gasteiger partial charge in [-0.2, -0.15) is 0 Å². The normalized spacial score (nSPS) is 15.7. The van der Waals surface area contributed by atoms with E-state index in [1.165, 1.54) is 17.1 Å². The number of benzene rings is 1. The molecule has 1 amide bonds. The number of fused-ring (bicyclic) bond motifs is 1. The smallest absolute Gasteiger partial charge is 0.274 e. The monoisotopic (exact) mass is 207 g/mol. The van der Waals surface area contributed by atoms with E-state index >= 15 is 0 Å². The van der Waals surface area contributed by atoms with E-state index < -0.39 is 4.92 Å². The van der Waals surface area contributed by atoms with Crippen molar-refractivity contribution in [2.24, 2.45) is 0 Å². The van der Waals surface area contributed by atoms with Crippen LogP contribution in [-0.4, -0.2) is 22.9 Å². The molecule has 0 aromatic heterocycles. The molecule has 0 spiro atoms. The van der Waals surface area contributed by atoms with E-state index in [4.69, 9.17) is 0 Å². The van der Waals surface area contributed by atoms with Gasteiger partial charge in [-0.15, -0.1) is 0 Å². The van der Waals surface area contributed by atoms with Crippen LogP contribution in [0.5, 0.6) is 0 Å². The van der Waals surface area contributed by atoms with Gasteiger partial charge >= 0.3 is 0 Å². The van der Waals surface area contributed by atoms with Crippen LogP contribution in [0, 0.1) is 10.1 Å². The summed E-state index contributed by atoms with van der Waals surface area (Å²) in [6.45, 7) is 0.345. The van der Waals surface area contributed by atoms with Crippen LogP contribution in [0.1, 0.15) is 15.9 Å². The number of amides is 1. The van der Waals surface area contributed by atoms with E-state index in [1.54, 1.807) is 13.1 Å². The highest BCUT2D eigenvalue weighted by atomic mass is 16.6. The number of nitrogens with one attached hydrogen (secondary N) is 1. The third-order valence-corrected chi connectivity index (χ3v) is 2.28. The molecule has 78 valence electrons. The maximum Gasteiger partial charge on any atom is 0.274 e. The van der Waals surface area contributed by atoms with Gasteiger partial charge in [0.05, 0.1) is 22.6 Å². The van der Waals surface area contributed by atoms with Gasteiger partial charge in [0.25, 0.3) is 11.6 Å². The summed E-state index contributed by atoms with van der Waals surface area (Å²) >= 11 is 0. The maximum atomic E-state index is 11.5. The minimum Gasteiger partial charge on any atom is -0.285 e. The molecule has 0 bridgehead atoms. The summed E-state index contributed by atoms with van der Waals surface area (Å²) in [4.78, 5) is 21.8. The molecule has 1 aromatic carbocycles.